The van der Waals surface area contributed by atoms with Gasteiger partial charge in [-0.05, 0) is 26.7 Å². The smallest absolute Gasteiger partial charge is 0.317 e. The van der Waals surface area contributed by atoms with Gasteiger partial charge in [0, 0.05) is 58.4 Å². The summed E-state index contributed by atoms with van der Waals surface area (Å²) < 4.78 is 5.75. The van der Waals surface area contributed by atoms with Crippen molar-refractivity contribution in [3.05, 3.63) is 0 Å². The van der Waals surface area contributed by atoms with Crippen molar-refractivity contribution in [2.45, 2.75) is 51.0 Å². The molecule has 3 aliphatic rings. The van der Waals surface area contributed by atoms with Crippen LogP contribution in [0.15, 0.2) is 0 Å². The Labute approximate surface area is 144 Å². The van der Waals surface area contributed by atoms with Gasteiger partial charge in [-0.2, -0.15) is 0 Å². The predicted molar refractivity (Wildman–Crippen MR) is 92.0 cm³/mol. The number of aliphatic hydroxyl groups is 1. The Morgan fingerprint density at radius 1 is 1.12 bits per heavy atom. The lowest BCUT2D eigenvalue weighted by atomic mass is 10.0. The lowest BCUT2D eigenvalue weighted by molar-refractivity contribution is -0.0784. The standard InChI is InChI=1S/C17H32N4O3/c1-13-9-20(10-14(2)24-13)12-16(22)11-19-6-3-15(4-7-19)21-8-5-18-17(21)23/h13-16,22H,3-12H2,1-2H3,(H,18,23). The van der Waals surface area contributed by atoms with Crippen LogP contribution >= 0.6 is 0 Å². The first-order chi connectivity index (χ1) is 11.5. The number of aliphatic hydroxyl groups excluding tert-OH is 1. The number of carbonyl (C=O) groups is 1. The molecule has 0 bridgehead atoms. The lowest BCUT2D eigenvalue weighted by Gasteiger charge is -2.39. The first kappa shape index (κ1) is 17.9. The minimum atomic E-state index is -0.325. The normalized spacial score (nSPS) is 32.1. The summed E-state index contributed by atoms with van der Waals surface area (Å²) in [5, 5.41) is 13.3. The molecule has 3 rings (SSSR count). The first-order valence-corrected chi connectivity index (χ1v) is 9.34. The van der Waals surface area contributed by atoms with Crippen molar-refractivity contribution in [1.82, 2.24) is 20.0 Å². The predicted octanol–water partition coefficient (Wildman–Crippen LogP) is -0.0539. The van der Waals surface area contributed by atoms with Crippen LogP contribution in [0.5, 0.6) is 0 Å². The van der Waals surface area contributed by atoms with Crippen molar-refractivity contribution >= 4 is 6.03 Å². The third-order valence-electron chi connectivity index (χ3n) is 5.32. The van der Waals surface area contributed by atoms with E-state index < -0.39 is 0 Å². The number of urea groups is 1. The maximum Gasteiger partial charge on any atom is 0.317 e. The molecule has 24 heavy (non-hydrogen) atoms. The molecule has 0 spiro atoms. The van der Waals surface area contributed by atoms with Gasteiger partial charge in [-0.25, -0.2) is 4.79 Å². The highest BCUT2D eigenvalue weighted by atomic mass is 16.5. The zero-order valence-electron chi connectivity index (χ0n) is 15.0. The van der Waals surface area contributed by atoms with Crippen LogP contribution in [0, 0.1) is 0 Å². The minimum absolute atomic E-state index is 0.0871. The van der Waals surface area contributed by atoms with Crippen LogP contribution < -0.4 is 5.32 Å². The number of morpholine rings is 1. The van der Waals surface area contributed by atoms with Gasteiger partial charge >= 0.3 is 6.03 Å². The third-order valence-corrected chi connectivity index (χ3v) is 5.32. The molecule has 0 saturated carbocycles. The topological polar surface area (TPSA) is 68.3 Å². The number of nitrogens with zero attached hydrogens (tertiary/aromatic N) is 3. The Morgan fingerprint density at radius 2 is 1.75 bits per heavy atom. The van der Waals surface area contributed by atoms with Gasteiger partial charge in [-0.1, -0.05) is 0 Å². The van der Waals surface area contributed by atoms with E-state index in [0.29, 0.717) is 12.6 Å². The Hall–Kier alpha value is -0.890. The molecule has 0 aromatic heterocycles. The molecule has 3 heterocycles. The van der Waals surface area contributed by atoms with Crippen molar-refractivity contribution in [2.75, 3.05) is 52.4 Å². The molecule has 7 nitrogen and oxygen atoms in total. The van der Waals surface area contributed by atoms with Crippen LogP contribution in [0.1, 0.15) is 26.7 Å². The molecular weight excluding hydrogens is 308 g/mol. The number of nitrogens with one attached hydrogen (secondary N) is 1. The van der Waals surface area contributed by atoms with Crippen LogP contribution in [-0.2, 0) is 4.74 Å². The van der Waals surface area contributed by atoms with Gasteiger partial charge in [0.05, 0.1) is 18.3 Å². The fourth-order valence-electron chi connectivity index (χ4n) is 4.34. The van der Waals surface area contributed by atoms with Gasteiger partial charge in [0.15, 0.2) is 0 Å². The van der Waals surface area contributed by atoms with Crippen LogP contribution in [0.25, 0.3) is 0 Å². The summed E-state index contributed by atoms with van der Waals surface area (Å²) in [6.07, 6.45) is 2.16. The average Bonchev–Trinajstić information content (AvgIpc) is 2.93. The number of hydrogen-bond acceptors (Lipinski definition) is 5. The molecule has 0 radical (unpaired) electrons. The fourth-order valence-corrected chi connectivity index (χ4v) is 4.34. The van der Waals surface area contributed by atoms with Crippen molar-refractivity contribution in [1.29, 1.82) is 0 Å². The highest BCUT2D eigenvalue weighted by Crippen LogP contribution is 2.19. The number of β-amino-alcohol motifs (C(OH)–C–C–N with tert-alkyl or cyclic N) is 1. The van der Waals surface area contributed by atoms with Crippen molar-refractivity contribution in [3.63, 3.8) is 0 Å². The van der Waals surface area contributed by atoms with Crippen LogP contribution in [0.2, 0.25) is 0 Å². The van der Waals surface area contributed by atoms with Gasteiger partial charge in [0.25, 0.3) is 0 Å². The van der Waals surface area contributed by atoms with E-state index in [1.54, 1.807) is 0 Å². The highest BCUT2D eigenvalue weighted by Gasteiger charge is 2.31. The molecule has 3 aliphatic heterocycles. The molecule has 0 aliphatic carbocycles. The monoisotopic (exact) mass is 340 g/mol. The second kappa shape index (κ2) is 7.99. The number of rotatable bonds is 5. The fraction of sp³-hybridized carbons (Fsp3) is 0.941. The molecule has 3 atom stereocenters. The molecule has 3 fully saturated rings. The van der Waals surface area contributed by atoms with Crippen molar-refractivity contribution < 1.29 is 14.6 Å². The number of ether oxygens (including phenoxy) is 1. The molecule has 7 heteroatoms. The zero-order valence-corrected chi connectivity index (χ0v) is 15.0. The molecule has 0 aromatic carbocycles. The van der Waals surface area contributed by atoms with Gasteiger partial charge < -0.3 is 25.0 Å². The summed E-state index contributed by atoms with van der Waals surface area (Å²) in [4.78, 5) is 18.4. The van der Waals surface area contributed by atoms with E-state index in [4.69, 9.17) is 4.74 Å². The van der Waals surface area contributed by atoms with E-state index in [9.17, 15) is 9.90 Å². The van der Waals surface area contributed by atoms with E-state index in [1.807, 2.05) is 4.90 Å². The maximum atomic E-state index is 11.8. The highest BCUT2D eigenvalue weighted by molar-refractivity contribution is 5.76. The SMILES string of the molecule is CC1CN(CC(O)CN2CCC(N3CCNC3=O)CC2)CC(C)O1. The number of carbonyl (C=O) groups excluding carboxylic acids is 1. The van der Waals surface area contributed by atoms with E-state index in [2.05, 4.69) is 29.0 Å². The van der Waals surface area contributed by atoms with E-state index in [0.717, 1.165) is 58.7 Å². The van der Waals surface area contributed by atoms with Gasteiger partial charge in [-0.3, -0.25) is 4.90 Å². The van der Waals surface area contributed by atoms with E-state index in [1.165, 1.54) is 0 Å². The van der Waals surface area contributed by atoms with E-state index >= 15 is 0 Å². The second-order valence-electron chi connectivity index (χ2n) is 7.59. The zero-order chi connectivity index (χ0) is 17.1. The number of hydrogen-bond donors (Lipinski definition) is 2. The quantitative estimate of drug-likeness (QED) is 0.734. The number of likely N-dealkylation sites (tertiary alicyclic amines) is 1. The first-order valence-electron chi connectivity index (χ1n) is 9.34. The Balaban J connectivity index is 1.38. The molecule has 3 saturated heterocycles. The molecule has 2 N–H and O–H groups in total. The largest absolute Gasteiger partial charge is 0.390 e. The molecular formula is C17H32N4O3. The third kappa shape index (κ3) is 4.59. The summed E-state index contributed by atoms with van der Waals surface area (Å²) in [7, 11) is 0. The van der Waals surface area contributed by atoms with Crippen molar-refractivity contribution in [3.8, 4) is 0 Å². The maximum absolute atomic E-state index is 11.8. The average molecular weight is 340 g/mol. The van der Waals surface area contributed by atoms with Crippen LogP contribution in [0.4, 0.5) is 4.79 Å². The minimum Gasteiger partial charge on any atom is -0.390 e. The Bertz CT molecular complexity index is 418. The summed E-state index contributed by atoms with van der Waals surface area (Å²) >= 11 is 0. The number of amides is 2. The van der Waals surface area contributed by atoms with Crippen molar-refractivity contribution in [2.24, 2.45) is 0 Å². The number of piperidine rings is 1. The van der Waals surface area contributed by atoms with Gasteiger partial charge in [0.1, 0.15) is 0 Å². The van der Waals surface area contributed by atoms with Crippen LogP contribution in [-0.4, -0.2) is 103 Å². The molecule has 3 unspecified atom stereocenters. The summed E-state index contributed by atoms with van der Waals surface area (Å²) in [5.41, 5.74) is 0. The summed E-state index contributed by atoms with van der Waals surface area (Å²) in [6, 6.07) is 0.450. The Kier molecular flexibility index (Phi) is 5.97. The van der Waals surface area contributed by atoms with Gasteiger partial charge in [-0.15, -0.1) is 0 Å². The van der Waals surface area contributed by atoms with E-state index in [-0.39, 0.29) is 24.3 Å². The van der Waals surface area contributed by atoms with Crippen LogP contribution in [0.3, 0.4) is 0 Å². The molecule has 138 valence electrons. The lowest BCUT2D eigenvalue weighted by Crippen LogP contribution is -2.51. The summed E-state index contributed by atoms with van der Waals surface area (Å²) in [5.74, 6) is 0. The molecule has 0 aromatic rings. The van der Waals surface area contributed by atoms with Gasteiger partial charge in [0.2, 0.25) is 0 Å². The second-order valence-corrected chi connectivity index (χ2v) is 7.59. The summed E-state index contributed by atoms with van der Waals surface area (Å²) in [6.45, 7) is 10.9. The Morgan fingerprint density at radius 3 is 2.33 bits per heavy atom. The molecule has 2 amide bonds.